The molecule has 0 amide bonds. The molecular formula is C17H12ClN3O2S. The number of anilines is 1. The highest BCUT2D eigenvalue weighted by molar-refractivity contribution is 7.92. The molecule has 5 nitrogen and oxygen atoms in total. The van der Waals surface area contributed by atoms with Gasteiger partial charge < -0.3 is 4.98 Å². The first-order valence-corrected chi connectivity index (χ1v) is 9.03. The van der Waals surface area contributed by atoms with Crippen LogP contribution in [0.3, 0.4) is 0 Å². The third kappa shape index (κ3) is 2.60. The molecule has 2 N–H and O–H groups in total. The lowest BCUT2D eigenvalue weighted by atomic mass is 10.2. The van der Waals surface area contributed by atoms with Crippen LogP contribution in [0.15, 0.2) is 65.8 Å². The minimum Gasteiger partial charge on any atom is -0.354 e. The van der Waals surface area contributed by atoms with Crippen molar-refractivity contribution in [2.75, 3.05) is 4.72 Å². The van der Waals surface area contributed by atoms with Crippen molar-refractivity contribution in [1.29, 1.82) is 0 Å². The van der Waals surface area contributed by atoms with Crippen LogP contribution >= 0.6 is 11.6 Å². The summed E-state index contributed by atoms with van der Waals surface area (Å²) in [4.78, 5) is 7.56. The number of benzene rings is 2. The largest absolute Gasteiger partial charge is 0.354 e. The highest BCUT2D eigenvalue weighted by atomic mass is 35.5. The Morgan fingerprint density at radius 2 is 1.71 bits per heavy atom. The number of pyridine rings is 1. The van der Waals surface area contributed by atoms with E-state index in [0.717, 1.165) is 21.8 Å². The van der Waals surface area contributed by atoms with Gasteiger partial charge in [-0.3, -0.25) is 9.71 Å². The summed E-state index contributed by atoms with van der Waals surface area (Å²) in [5, 5.41) is 2.34. The van der Waals surface area contributed by atoms with Gasteiger partial charge in [0.1, 0.15) is 0 Å². The molecule has 0 saturated heterocycles. The maximum atomic E-state index is 12.5. The van der Waals surface area contributed by atoms with Crippen LogP contribution in [0, 0.1) is 0 Å². The zero-order valence-electron chi connectivity index (χ0n) is 12.3. The Kier molecular flexibility index (Phi) is 3.44. The number of hydrogen-bond donors (Lipinski definition) is 2. The van der Waals surface area contributed by atoms with Crippen LogP contribution in [0.5, 0.6) is 0 Å². The van der Waals surface area contributed by atoms with Crippen molar-refractivity contribution in [2.45, 2.75) is 4.90 Å². The Balaban J connectivity index is 1.76. The van der Waals surface area contributed by atoms with Gasteiger partial charge in [-0.1, -0.05) is 11.6 Å². The first-order chi connectivity index (χ1) is 11.5. The molecule has 2 heterocycles. The lowest BCUT2D eigenvalue weighted by Gasteiger charge is -2.08. The Labute approximate surface area is 143 Å². The first-order valence-electron chi connectivity index (χ1n) is 7.17. The summed E-state index contributed by atoms with van der Waals surface area (Å²) in [6, 6.07) is 13.3. The predicted molar refractivity (Wildman–Crippen MR) is 95.9 cm³/mol. The van der Waals surface area contributed by atoms with Crippen molar-refractivity contribution in [3.63, 3.8) is 0 Å². The van der Waals surface area contributed by atoms with Gasteiger partial charge in [-0.25, -0.2) is 8.42 Å². The van der Waals surface area contributed by atoms with Gasteiger partial charge in [0.25, 0.3) is 10.0 Å². The van der Waals surface area contributed by atoms with Gasteiger partial charge in [-0.2, -0.15) is 0 Å². The second-order valence-corrected chi connectivity index (χ2v) is 7.48. The van der Waals surface area contributed by atoms with E-state index in [2.05, 4.69) is 14.7 Å². The fraction of sp³-hybridized carbons (Fsp3) is 0. The van der Waals surface area contributed by atoms with Gasteiger partial charge >= 0.3 is 0 Å². The molecule has 0 spiro atoms. The topological polar surface area (TPSA) is 74.8 Å². The number of halogens is 1. The molecule has 120 valence electrons. The highest BCUT2D eigenvalue weighted by Crippen LogP contribution is 2.28. The fourth-order valence-electron chi connectivity index (χ4n) is 2.63. The van der Waals surface area contributed by atoms with Crippen LogP contribution in [0.25, 0.3) is 21.8 Å². The summed E-state index contributed by atoms with van der Waals surface area (Å²) < 4.78 is 27.5. The summed E-state index contributed by atoms with van der Waals surface area (Å²) in [7, 11) is -3.67. The molecule has 0 radical (unpaired) electrons. The van der Waals surface area contributed by atoms with Gasteiger partial charge in [0, 0.05) is 44.9 Å². The van der Waals surface area contributed by atoms with Gasteiger partial charge in [0.2, 0.25) is 0 Å². The highest BCUT2D eigenvalue weighted by Gasteiger charge is 2.15. The van der Waals surface area contributed by atoms with Crippen molar-refractivity contribution in [2.24, 2.45) is 0 Å². The predicted octanol–water partition coefficient (Wildman–Crippen LogP) is 4.17. The standard InChI is InChI=1S/C17H12ClN3O2S/c18-11-1-4-13(5-2-11)24(22,23)21-12-3-6-16-14(9-12)15-10-19-8-7-17(15)20-16/h1-10,20-21H. The second-order valence-electron chi connectivity index (χ2n) is 5.37. The number of aromatic amines is 1. The lowest BCUT2D eigenvalue weighted by Crippen LogP contribution is -2.12. The van der Waals surface area contributed by atoms with Crippen LogP contribution in [-0.2, 0) is 10.0 Å². The molecule has 0 aliphatic carbocycles. The van der Waals surface area contributed by atoms with Crippen LogP contribution in [0.2, 0.25) is 5.02 Å². The monoisotopic (exact) mass is 357 g/mol. The van der Waals surface area contributed by atoms with Gasteiger partial charge in [0.15, 0.2) is 0 Å². The smallest absolute Gasteiger partial charge is 0.261 e. The third-order valence-electron chi connectivity index (χ3n) is 3.78. The Bertz CT molecular complexity index is 1150. The minimum absolute atomic E-state index is 0.160. The van der Waals surface area contributed by atoms with Crippen LogP contribution in [0.4, 0.5) is 5.69 Å². The number of nitrogens with zero attached hydrogens (tertiary/aromatic N) is 1. The van der Waals surface area contributed by atoms with Crippen molar-refractivity contribution < 1.29 is 8.42 Å². The van der Waals surface area contributed by atoms with Crippen molar-refractivity contribution in [3.05, 3.63) is 65.9 Å². The summed E-state index contributed by atoms with van der Waals surface area (Å²) in [5.41, 5.74) is 2.37. The van der Waals surface area contributed by atoms with Crippen LogP contribution < -0.4 is 4.72 Å². The van der Waals surface area contributed by atoms with Gasteiger partial charge in [0.05, 0.1) is 4.90 Å². The molecule has 0 aliphatic heterocycles. The zero-order chi connectivity index (χ0) is 16.7. The Morgan fingerprint density at radius 1 is 0.958 bits per heavy atom. The molecule has 0 unspecified atom stereocenters. The van der Waals surface area contributed by atoms with Crippen molar-refractivity contribution >= 4 is 49.1 Å². The minimum atomic E-state index is -3.67. The fourth-order valence-corrected chi connectivity index (χ4v) is 3.81. The number of aromatic nitrogens is 2. The van der Waals surface area contributed by atoms with Crippen LogP contribution in [-0.4, -0.2) is 18.4 Å². The zero-order valence-corrected chi connectivity index (χ0v) is 13.9. The molecule has 2 aromatic carbocycles. The average molecular weight is 358 g/mol. The molecular weight excluding hydrogens is 346 g/mol. The van der Waals surface area contributed by atoms with Gasteiger partial charge in [-0.05, 0) is 48.5 Å². The summed E-state index contributed by atoms with van der Waals surface area (Å²) in [6.45, 7) is 0. The van der Waals surface area contributed by atoms with Crippen molar-refractivity contribution in [1.82, 2.24) is 9.97 Å². The molecule has 0 bridgehead atoms. The second kappa shape index (κ2) is 5.51. The molecule has 7 heteroatoms. The number of sulfonamides is 1. The number of rotatable bonds is 3. The number of fused-ring (bicyclic) bond motifs is 3. The Hall–Kier alpha value is -2.57. The number of hydrogen-bond acceptors (Lipinski definition) is 3. The molecule has 0 atom stereocenters. The molecule has 0 fully saturated rings. The van der Waals surface area contributed by atoms with E-state index in [4.69, 9.17) is 11.6 Å². The average Bonchev–Trinajstić information content (AvgIpc) is 2.93. The summed E-state index contributed by atoms with van der Waals surface area (Å²) >= 11 is 5.81. The van der Waals surface area contributed by atoms with E-state index >= 15 is 0 Å². The van der Waals surface area contributed by atoms with Gasteiger partial charge in [-0.15, -0.1) is 0 Å². The maximum absolute atomic E-state index is 12.5. The molecule has 4 rings (SSSR count). The van der Waals surface area contributed by atoms with E-state index in [1.165, 1.54) is 12.1 Å². The normalized spacial score (nSPS) is 11.9. The van der Waals surface area contributed by atoms with Crippen LogP contribution in [0.1, 0.15) is 0 Å². The third-order valence-corrected chi connectivity index (χ3v) is 5.43. The van der Waals surface area contributed by atoms with E-state index in [1.807, 2.05) is 12.1 Å². The summed E-state index contributed by atoms with van der Waals surface area (Å²) in [5.74, 6) is 0. The van der Waals surface area contributed by atoms with E-state index in [1.54, 1.807) is 36.7 Å². The molecule has 24 heavy (non-hydrogen) atoms. The first kappa shape index (κ1) is 15.0. The van der Waals surface area contributed by atoms with E-state index in [9.17, 15) is 8.42 Å². The Morgan fingerprint density at radius 3 is 2.50 bits per heavy atom. The maximum Gasteiger partial charge on any atom is 0.261 e. The van der Waals surface area contributed by atoms with E-state index < -0.39 is 10.0 Å². The van der Waals surface area contributed by atoms with E-state index in [-0.39, 0.29) is 4.90 Å². The molecule has 0 saturated carbocycles. The number of nitrogens with one attached hydrogen (secondary N) is 2. The quantitative estimate of drug-likeness (QED) is 0.577. The SMILES string of the molecule is O=S(=O)(Nc1ccc2[nH]c3ccncc3c2c1)c1ccc(Cl)cc1. The molecule has 4 aromatic rings. The van der Waals surface area contributed by atoms with E-state index in [0.29, 0.717) is 10.7 Å². The summed E-state index contributed by atoms with van der Waals surface area (Å²) in [6.07, 6.45) is 3.47. The molecule has 0 aliphatic rings. The lowest BCUT2D eigenvalue weighted by molar-refractivity contribution is 0.601. The number of H-pyrrole nitrogens is 1. The van der Waals surface area contributed by atoms with Crippen molar-refractivity contribution in [3.8, 4) is 0 Å². The molecule has 2 aromatic heterocycles.